The van der Waals surface area contributed by atoms with Gasteiger partial charge in [0.2, 0.25) is 0 Å². The fourth-order valence-electron chi connectivity index (χ4n) is 3.72. The summed E-state index contributed by atoms with van der Waals surface area (Å²) < 4.78 is 11.2. The zero-order valence-corrected chi connectivity index (χ0v) is 16.8. The lowest BCUT2D eigenvalue weighted by atomic mass is 10.1. The van der Waals surface area contributed by atoms with Gasteiger partial charge in [-0.05, 0) is 18.2 Å². The first-order chi connectivity index (χ1) is 14.9. The largest absolute Gasteiger partial charge is 0.378 e. The van der Waals surface area contributed by atoms with E-state index < -0.39 is 0 Å². The van der Waals surface area contributed by atoms with Crippen LogP contribution < -0.4 is 15.5 Å². The molecule has 0 radical (unpaired) electrons. The van der Waals surface area contributed by atoms with Crippen molar-refractivity contribution in [1.29, 1.82) is 0 Å². The highest BCUT2D eigenvalue weighted by atomic mass is 16.5. The Hall–Kier alpha value is -2.88. The maximum absolute atomic E-state index is 5.79. The predicted molar refractivity (Wildman–Crippen MR) is 115 cm³/mol. The average molecular weight is 407 g/mol. The van der Waals surface area contributed by atoms with Crippen molar-refractivity contribution < 1.29 is 9.47 Å². The molecule has 0 amide bonds. The first-order valence-electron chi connectivity index (χ1n) is 10.3. The molecule has 2 N–H and O–H groups in total. The summed E-state index contributed by atoms with van der Waals surface area (Å²) in [4.78, 5) is 20.7. The number of fused-ring (bicyclic) bond motifs is 1. The summed E-state index contributed by atoms with van der Waals surface area (Å²) in [5.74, 6) is 1.67. The summed E-state index contributed by atoms with van der Waals surface area (Å²) in [5, 5.41) is 6.75. The number of nitrogens with zero attached hydrogens (tertiary/aromatic N) is 5. The van der Waals surface area contributed by atoms with Gasteiger partial charge in [0.05, 0.1) is 37.1 Å². The molecule has 2 fully saturated rings. The maximum Gasteiger partial charge on any atom is 0.154 e. The van der Waals surface area contributed by atoms with Gasteiger partial charge in [0.15, 0.2) is 5.82 Å². The molecule has 156 valence electrons. The Morgan fingerprint density at radius 3 is 2.80 bits per heavy atom. The fraction of sp³-hybridized carbons (Fsp3) is 0.429. The van der Waals surface area contributed by atoms with E-state index in [4.69, 9.17) is 14.5 Å². The molecular weight excluding hydrogens is 382 g/mol. The summed E-state index contributed by atoms with van der Waals surface area (Å²) in [6.45, 7) is 6.30. The molecule has 3 aromatic rings. The van der Waals surface area contributed by atoms with Crippen LogP contribution in [0.4, 0.5) is 11.6 Å². The van der Waals surface area contributed by atoms with E-state index in [2.05, 4.69) is 36.6 Å². The quantitative estimate of drug-likeness (QED) is 0.649. The van der Waals surface area contributed by atoms with Crippen molar-refractivity contribution in [2.24, 2.45) is 0 Å². The van der Waals surface area contributed by atoms with Gasteiger partial charge in [-0.15, -0.1) is 0 Å². The highest BCUT2D eigenvalue weighted by Gasteiger charge is 2.16. The average Bonchev–Trinajstić information content (AvgIpc) is 2.84. The van der Waals surface area contributed by atoms with Gasteiger partial charge in [0, 0.05) is 56.9 Å². The Labute approximate surface area is 174 Å². The molecule has 5 rings (SSSR count). The van der Waals surface area contributed by atoms with Crippen LogP contribution in [0.2, 0.25) is 0 Å². The Balaban J connectivity index is 1.41. The van der Waals surface area contributed by atoms with E-state index in [1.54, 1.807) is 12.4 Å². The zero-order valence-electron chi connectivity index (χ0n) is 16.8. The normalized spacial score (nSPS) is 19.7. The van der Waals surface area contributed by atoms with E-state index in [1.807, 2.05) is 18.3 Å². The Bertz CT molecular complexity index is 986. The van der Waals surface area contributed by atoms with E-state index in [0.29, 0.717) is 12.4 Å². The number of hydrogen-bond donors (Lipinski definition) is 2. The molecule has 2 aliphatic heterocycles. The molecule has 0 aromatic carbocycles. The summed E-state index contributed by atoms with van der Waals surface area (Å²) in [7, 11) is 0. The molecule has 0 bridgehead atoms. The molecule has 30 heavy (non-hydrogen) atoms. The molecule has 9 heteroatoms. The number of morpholine rings is 2. The SMILES string of the molecule is c1cnc2c(NCC3CNCCO3)nc(-c3ccc(N4CCOCC4)nc3)cc2n1. The molecule has 0 spiro atoms. The third-order valence-electron chi connectivity index (χ3n) is 5.34. The molecule has 2 aliphatic rings. The van der Waals surface area contributed by atoms with Gasteiger partial charge in [-0.25, -0.2) is 15.0 Å². The smallest absolute Gasteiger partial charge is 0.154 e. The van der Waals surface area contributed by atoms with Gasteiger partial charge >= 0.3 is 0 Å². The van der Waals surface area contributed by atoms with Crippen LogP contribution in [0.3, 0.4) is 0 Å². The first kappa shape index (κ1) is 19.1. The van der Waals surface area contributed by atoms with E-state index in [1.165, 1.54) is 0 Å². The molecule has 0 saturated carbocycles. The van der Waals surface area contributed by atoms with E-state index >= 15 is 0 Å². The third-order valence-corrected chi connectivity index (χ3v) is 5.34. The predicted octanol–water partition coefficient (Wildman–Crippen LogP) is 1.32. The molecule has 2 saturated heterocycles. The number of hydrogen-bond acceptors (Lipinski definition) is 9. The van der Waals surface area contributed by atoms with Crippen molar-refractivity contribution in [2.45, 2.75) is 6.10 Å². The van der Waals surface area contributed by atoms with E-state index in [-0.39, 0.29) is 6.10 Å². The number of pyridine rings is 2. The lowest BCUT2D eigenvalue weighted by Crippen LogP contribution is -2.42. The van der Waals surface area contributed by atoms with Crippen molar-refractivity contribution in [3.05, 3.63) is 36.8 Å². The zero-order chi connectivity index (χ0) is 20.2. The van der Waals surface area contributed by atoms with Crippen LogP contribution in [0.5, 0.6) is 0 Å². The Morgan fingerprint density at radius 2 is 2.00 bits per heavy atom. The molecule has 3 aromatic heterocycles. The van der Waals surface area contributed by atoms with Crippen molar-refractivity contribution in [3.63, 3.8) is 0 Å². The van der Waals surface area contributed by atoms with Crippen LogP contribution in [0, 0.1) is 0 Å². The van der Waals surface area contributed by atoms with Crippen LogP contribution in [-0.2, 0) is 9.47 Å². The molecule has 1 atom stereocenters. The summed E-state index contributed by atoms with van der Waals surface area (Å²) >= 11 is 0. The number of aromatic nitrogens is 4. The minimum absolute atomic E-state index is 0.102. The molecule has 5 heterocycles. The van der Waals surface area contributed by atoms with Crippen molar-refractivity contribution in [3.8, 4) is 11.3 Å². The minimum Gasteiger partial charge on any atom is -0.378 e. The van der Waals surface area contributed by atoms with Crippen LogP contribution in [0.1, 0.15) is 0 Å². The Kier molecular flexibility index (Phi) is 5.65. The van der Waals surface area contributed by atoms with Crippen molar-refractivity contribution in [2.75, 3.05) is 62.8 Å². The summed E-state index contributed by atoms with van der Waals surface area (Å²) in [6, 6.07) is 6.05. The van der Waals surface area contributed by atoms with E-state index in [0.717, 1.165) is 74.1 Å². The summed E-state index contributed by atoms with van der Waals surface area (Å²) in [6.07, 6.45) is 5.36. The lowest BCUT2D eigenvalue weighted by Gasteiger charge is -2.27. The second-order valence-electron chi connectivity index (χ2n) is 7.36. The number of anilines is 2. The van der Waals surface area contributed by atoms with Gasteiger partial charge in [-0.3, -0.25) is 4.98 Å². The van der Waals surface area contributed by atoms with Gasteiger partial charge in [0.1, 0.15) is 11.3 Å². The number of rotatable bonds is 5. The van der Waals surface area contributed by atoms with E-state index in [9.17, 15) is 0 Å². The van der Waals surface area contributed by atoms with Crippen LogP contribution >= 0.6 is 0 Å². The topological polar surface area (TPSA) is 97.3 Å². The fourth-order valence-corrected chi connectivity index (χ4v) is 3.72. The molecular formula is C21H25N7O2. The molecule has 0 aliphatic carbocycles. The van der Waals surface area contributed by atoms with Crippen molar-refractivity contribution in [1.82, 2.24) is 25.3 Å². The number of nitrogens with one attached hydrogen (secondary N) is 2. The second kappa shape index (κ2) is 8.86. The number of ether oxygens (including phenoxy) is 2. The van der Waals surface area contributed by atoms with Crippen LogP contribution in [0.25, 0.3) is 22.3 Å². The third kappa shape index (κ3) is 4.18. The minimum atomic E-state index is 0.102. The molecule has 1 unspecified atom stereocenters. The maximum atomic E-state index is 5.79. The van der Waals surface area contributed by atoms with Crippen LogP contribution in [0.15, 0.2) is 36.8 Å². The standard InChI is InChI=1S/C21H25N7O2/c1-2-19(28-6-9-29-10-7-28)25-12-15(1)17-11-18-20(24-4-3-23-18)21(27-17)26-14-16-13-22-5-8-30-16/h1-4,11-12,16,22H,5-10,13-14H2,(H,26,27). The van der Waals surface area contributed by atoms with Crippen LogP contribution in [-0.4, -0.2) is 78.6 Å². The monoisotopic (exact) mass is 407 g/mol. The van der Waals surface area contributed by atoms with Gasteiger partial charge < -0.3 is 25.0 Å². The highest BCUT2D eigenvalue weighted by Crippen LogP contribution is 2.26. The first-order valence-corrected chi connectivity index (χ1v) is 10.3. The van der Waals surface area contributed by atoms with Gasteiger partial charge in [-0.2, -0.15) is 0 Å². The van der Waals surface area contributed by atoms with Gasteiger partial charge in [0.25, 0.3) is 0 Å². The Morgan fingerprint density at radius 1 is 1.10 bits per heavy atom. The highest BCUT2D eigenvalue weighted by molar-refractivity contribution is 5.88. The summed E-state index contributed by atoms with van der Waals surface area (Å²) in [5.41, 5.74) is 3.31. The molecule has 9 nitrogen and oxygen atoms in total. The van der Waals surface area contributed by atoms with Crippen molar-refractivity contribution >= 4 is 22.7 Å². The lowest BCUT2D eigenvalue weighted by molar-refractivity contribution is 0.0372. The van der Waals surface area contributed by atoms with Gasteiger partial charge in [-0.1, -0.05) is 0 Å². The second-order valence-corrected chi connectivity index (χ2v) is 7.36.